The second-order valence-electron chi connectivity index (χ2n) is 5.80. The number of benzene rings is 2. The highest BCUT2D eigenvalue weighted by Crippen LogP contribution is 2.32. The predicted octanol–water partition coefficient (Wildman–Crippen LogP) is 4.49. The number of nitrogens with one attached hydrogen (secondary N) is 2. The Balaban J connectivity index is 1.91. The number of nitrogens with zero attached hydrogens (tertiary/aromatic N) is 2. The fourth-order valence-corrected chi connectivity index (χ4v) is 2.90. The van der Waals surface area contributed by atoms with Gasteiger partial charge in [-0.3, -0.25) is 5.10 Å². The van der Waals surface area contributed by atoms with E-state index in [2.05, 4.69) is 71.5 Å². The fourth-order valence-electron chi connectivity index (χ4n) is 2.90. The Hall–Kier alpha value is -2.88. The smallest absolute Gasteiger partial charge is 0.106 e. The molecule has 2 heterocycles. The van der Waals surface area contributed by atoms with Crippen molar-refractivity contribution in [2.45, 2.75) is 20.3 Å². The van der Waals surface area contributed by atoms with E-state index in [1.165, 1.54) is 5.56 Å². The summed E-state index contributed by atoms with van der Waals surface area (Å²) in [5.41, 5.74) is 6.62. The van der Waals surface area contributed by atoms with E-state index < -0.39 is 0 Å². The van der Waals surface area contributed by atoms with E-state index in [0.717, 1.165) is 45.7 Å². The van der Waals surface area contributed by atoms with E-state index in [0.29, 0.717) is 0 Å². The monoisotopic (exact) mass is 302 g/mol. The van der Waals surface area contributed by atoms with E-state index in [9.17, 15) is 0 Å². The molecule has 0 atom stereocenters. The molecule has 4 heteroatoms. The second-order valence-corrected chi connectivity index (χ2v) is 5.80. The van der Waals surface area contributed by atoms with Gasteiger partial charge in [-0.05, 0) is 25.1 Å². The van der Waals surface area contributed by atoms with E-state index in [1.54, 1.807) is 0 Å². The SMILES string of the molecule is CCc1nc(-c2cccc(C)c2)c(-c2ccc3[nH]ncc3c2)[nH]1. The molecule has 4 nitrogen and oxygen atoms in total. The van der Waals surface area contributed by atoms with Gasteiger partial charge >= 0.3 is 0 Å². The van der Waals surface area contributed by atoms with Crippen LogP contribution >= 0.6 is 0 Å². The van der Waals surface area contributed by atoms with E-state index in [4.69, 9.17) is 4.98 Å². The molecule has 114 valence electrons. The highest BCUT2D eigenvalue weighted by atomic mass is 15.1. The van der Waals surface area contributed by atoms with Gasteiger partial charge in [0.2, 0.25) is 0 Å². The average molecular weight is 302 g/mol. The van der Waals surface area contributed by atoms with E-state index in [-0.39, 0.29) is 0 Å². The van der Waals surface area contributed by atoms with Crippen LogP contribution in [0.2, 0.25) is 0 Å². The predicted molar refractivity (Wildman–Crippen MR) is 93.2 cm³/mol. The Labute approximate surface area is 134 Å². The van der Waals surface area contributed by atoms with Gasteiger partial charge in [0.25, 0.3) is 0 Å². The Morgan fingerprint density at radius 3 is 2.78 bits per heavy atom. The van der Waals surface area contributed by atoms with Gasteiger partial charge in [-0.2, -0.15) is 5.10 Å². The largest absolute Gasteiger partial charge is 0.341 e. The van der Waals surface area contributed by atoms with Gasteiger partial charge in [-0.15, -0.1) is 0 Å². The third-order valence-electron chi connectivity index (χ3n) is 4.11. The number of aromatic nitrogens is 4. The Kier molecular flexibility index (Phi) is 3.23. The first-order chi connectivity index (χ1) is 11.2. The van der Waals surface area contributed by atoms with Crippen molar-refractivity contribution in [2.24, 2.45) is 0 Å². The maximum atomic E-state index is 4.81. The van der Waals surface area contributed by atoms with Gasteiger partial charge < -0.3 is 4.98 Å². The number of hydrogen-bond acceptors (Lipinski definition) is 2. The van der Waals surface area contributed by atoms with Gasteiger partial charge in [0.15, 0.2) is 0 Å². The van der Waals surface area contributed by atoms with Crippen LogP contribution in [-0.4, -0.2) is 20.2 Å². The fraction of sp³-hybridized carbons (Fsp3) is 0.158. The molecule has 0 aliphatic rings. The van der Waals surface area contributed by atoms with Gasteiger partial charge in [-0.25, -0.2) is 4.98 Å². The molecule has 0 saturated carbocycles. The molecule has 0 spiro atoms. The zero-order valence-electron chi connectivity index (χ0n) is 13.2. The quantitative estimate of drug-likeness (QED) is 0.586. The molecule has 0 aliphatic heterocycles. The molecule has 0 unspecified atom stereocenters. The molecule has 0 fully saturated rings. The topological polar surface area (TPSA) is 57.4 Å². The van der Waals surface area contributed by atoms with Crippen molar-refractivity contribution in [3.63, 3.8) is 0 Å². The Morgan fingerprint density at radius 2 is 1.96 bits per heavy atom. The van der Waals surface area contributed by atoms with Crippen molar-refractivity contribution in [3.05, 3.63) is 60.0 Å². The molecule has 2 aromatic heterocycles. The summed E-state index contributed by atoms with van der Waals surface area (Å²) in [6, 6.07) is 14.8. The zero-order chi connectivity index (χ0) is 15.8. The summed E-state index contributed by atoms with van der Waals surface area (Å²) in [4.78, 5) is 8.29. The Bertz CT molecular complexity index is 978. The minimum atomic E-state index is 0.882. The zero-order valence-corrected chi connectivity index (χ0v) is 13.2. The standard InChI is InChI=1S/C19H18N4/c1-3-17-21-18(13-6-4-5-12(2)9-13)19(22-17)14-7-8-16-15(10-14)11-20-23-16/h4-11H,3H2,1-2H3,(H,20,23)(H,21,22). The Morgan fingerprint density at radius 1 is 1.04 bits per heavy atom. The summed E-state index contributed by atoms with van der Waals surface area (Å²) in [5.74, 6) is 1.00. The van der Waals surface area contributed by atoms with Gasteiger partial charge in [-0.1, -0.05) is 36.8 Å². The lowest BCUT2D eigenvalue weighted by atomic mass is 10.0. The number of imidazole rings is 1. The molecule has 2 aromatic carbocycles. The first-order valence-electron chi connectivity index (χ1n) is 7.84. The third-order valence-corrected chi connectivity index (χ3v) is 4.11. The summed E-state index contributed by atoms with van der Waals surface area (Å²) in [6.45, 7) is 4.22. The van der Waals surface area contributed by atoms with Crippen molar-refractivity contribution in [3.8, 4) is 22.5 Å². The van der Waals surface area contributed by atoms with Crippen LogP contribution in [0.4, 0.5) is 0 Å². The molecule has 4 rings (SSSR count). The van der Waals surface area contributed by atoms with Crippen LogP contribution in [0.15, 0.2) is 48.7 Å². The summed E-state index contributed by atoms with van der Waals surface area (Å²) in [7, 11) is 0. The number of aromatic amines is 2. The molecule has 0 amide bonds. The number of aryl methyl sites for hydroxylation is 2. The first kappa shape index (κ1) is 13.8. The number of H-pyrrole nitrogens is 2. The third kappa shape index (κ3) is 2.42. The van der Waals surface area contributed by atoms with Gasteiger partial charge in [0.1, 0.15) is 5.82 Å². The lowest BCUT2D eigenvalue weighted by molar-refractivity contribution is 0.992. The summed E-state index contributed by atoms with van der Waals surface area (Å²) in [5, 5.41) is 8.19. The molecular formula is C19H18N4. The van der Waals surface area contributed by atoms with Crippen LogP contribution in [0, 0.1) is 6.92 Å². The first-order valence-corrected chi connectivity index (χ1v) is 7.84. The van der Waals surface area contributed by atoms with Crippen LogP contribution in [-0.2, 0) is 6.42 Å². The van der Waals surface area contributed by atoms with Crippen LogP contribution in [0.3, 0.4) is 0 Å². The molecule has 23 heavy (non-hydrogen) atoms. The summed E-state index contributed by atoms with van der Waals surface area (Å²) >= 11 is 0. The minimum absolute atomic E-state index is 0.882. The van der Waals surface area contributed by atoms with Crippen molar-refractivity contribution in [2.75, 3.05) is 0 Å². The van der Waals surface area contributed by atoms with E-state index >= 15 is 0 Å². The normalized spacial score (nSPS) is 11.2. The number of hydrogen-bond donors (Lipinski definition) is 2. The van der Waals surface area contributed by atoms with Gasteiger partial charge in [0, 0.05) is 22.9 Å². The molecular weight excluding hydrogens is 284 g/mol. The maximum absolute atomic E-state index is 4.81. The van der Waals surface area contributed by atoms with Crippen molar-refractivity contribution in [1.29, 1.82) is 0 Å². The molecule has 4 aromatic rings. The van der Waals surface area contributed by atoms with Crippen molar-refractivity contribution in [1.82, 2.24) is 20.2 Å². The van der Waals surface area contributed by atoms with Crippen LogP contribution in [0.25, 0.3) is 33.4 Å². The molecule has 0 bridgehead atoms. The molecule has 2 N–H and O–H groups in total. The average Bonchev–Trinajstić information content (AvgIpc) is 3.20. The highest BCUT2D eigenvalue weighted by Gasteiger charge is 2.14. The lowest BCUT2D eigenvalue weighted by Gasteiger charge is -2.04. The number of fused-ring (bicyclic) bond motifs is 1. The molecule has 0 radical (unpaired) electrons. The number of rotatable bonds is 3. The van der Waals surface area contributed by atoms with Gasteiger partial charge in [0.05, 0.1) is 23.1 Å². The lowest BCUT2D eigenvalue weighted by Crippen LogP contribution is -1.85. The van der Waals surface area contributed by atoms with E-state index in [1.807, 2.05) is 6.20 Å². The summed E-state index contributed by atoms with van der Waals surface area (Å²) < 4.78 is 0. The van der Waals surface area contributed by atoms with Crippen LogP contribution in [0.1, 0.15) is 18.3 Å². The molecule has 0 saturated heterocycles. The minimum Gasteiger partial charge on any atom is -0.341 e. The van der Waals surface area contributed by atoms with Crippen molar-refractivity contribution >= 4 is 10.9 Å². The second kappa shape index (κ2) is 5.39. The van der Waals surface area contributed by atoms with Crippen molar-refractivity contribution < 1.29 is 0 Å². The highest BCUT2D eigenvalue weighted by molar-refractivity contribution is 5.87. The van der Waals surface area contributed by atoms with Crippen LogP contribution < -0.4 is 0 Å². The maximum Gasteiger partial charge on any atom is 0.106 e. The van der Waals surface area contributed by atoms with Crippen LogP contribution in [0.5, 0.6) is 0 Å². The summed E-state index contributed by atoms with van der Waals surface area (Å²) in [6.07, 6.45) is 2.73. The molecule has 0 aliphatic carbocycles.